The van der Waals surface area contributed by atoms with Crippen LogP contribution in [0, 0.1) is 5.82 Å². The van der Waals surface area contributed by atoms with Crippen LogP contribution in [0.25, 0.3) is 0 Å². The second-order valence-corrected chi connectivity index (χ2v) is 5.29. The van der Waals surface area contributed by atoms with Crippen molar-refractivity contribution in [2.45, 2.75) is 6.04 Å². The molecule has 0 spiro atoms. The minimum Gasteiger partial charge on any atom is -0.394 e. The standard InChI is InChI=1S/C14H12BrClFNO/c15-10-7-9(5-6-12(10)17)14(8-19)18-13-4-2-1-3-11(13)16/h1-7,14,18-19H,8H2. The largest absolute Gasteiger partial charge is 0.394 e. The van der Waals surface area contributed by atoms with Crippen LogP contribution in [0.3, 0.4) is 0 Å². The number of aliphatic hydroxyl groups is 1. The molecule has 0 aliphatic heterocycles. The molecule has 0 aliphatic rings. The van der Waals surface area contributed by atoms with E-state index in [4.69, 9.17) is 11.6 Å². The maximum atomic E-state index is 13.2. The molecule has 0 saturated heterocycles. The van der Waals surface area contributed by atoms with Gasteiger partial charge in [-0.1, -0.05) is 29.8 Å². The van der Waals surface area contributed by atoms with E-state index in [9.17, 15) is 9.50 Å². The quantitative estimate of drug-likeness (QED) is 0.862. The Morgan fingerprint density at radius 3 is 2.63 bits per heavy atom. The molecule has 100 valence electrons. The first-order valence-electron chi connectivity index (χ1n) is 5.68. The number of aliphatic hydroxyl groups excluding tert-OH is 1. The van der Waals surface area contributed by atoms with E-state index in [2.05, 4.69) is 21.2 Å². The Labute approximate surface area is 124 Å². The van der Waals surface area contributed by atoms with E-state index in [0.29, 0.717) is 9.50 Å². The molecular weight excluding hydrogens is 333 g/mol. The maximum absolute atomic E-state index is 13.2. The molecule has 0 amide bonds. The number of halogens is 3. The van der Waals surface area contributed by atoms with Crippen molar-refractivity contribution in [3.63, 3.8) is 0 Å². The van der Waals surface area contributed by atoms with Gasteiger partial charge in [-0.05, 0) is 45.8 Å². The van der Waals surface area contributed by atoms with Crippen molar-refractivity contribution in [1.82, 2.24) is 0 Å². The summed E-state index contributed by atoms with van der Waals surface area (Å²) in [6.45, 7) is -0.122. The Morgan fingerprint density at radius 1 is 1.26 bits per heavy atom. The minimum absolute atomic E-state index is 0.122. The summed E-state index contributed by atoms with van der Waals surface area (Å²) in [4.78, 5) is 0. The highest BCUT2D eigenvalue weighted by Crippen LogP contribution is 2.27. The monoisotopic (exact) mass is 343 g/mol. The van der Waals surface area contributed by atoms with E-state index in [1.54, 1.807) is 18.2 Å². The molecule has 2 rings (SSSR count). The van der Waals surface area contributed by atoms with Crippen molar-refractivity contribution in [2.24, 2.45) is 0 Å². The molecule has 1 unspecified atom stereocenters. The molecule has 5 heteroatoms. The summed E-state index contributed by atoms with van der Waals surface area (Å²) in [5.74, 6) is -0.335. The molecule has 0 bridgehead atoms. The van der Waals surface area contributed by atoms with Crippen molar-refractivity contribution >= 4 is 33.2 Å². The van der Waals surface area contributed by atoms with E-state index < -0.39 is 0 Å². The van der Waals surface area contributed by atoms with Gasteiger partial charge in [0.15, 0.2) is 0 Å². The Morgan fingerprint density at radius 2 is 2.00 bits per heavy atom. The molecule has 0 heterocycles. The van der Waals surface area contributed by atoms with Crippen molar-refractivity contribution in [2.75, 3.05) is 11.9 Å². The molecule has 2 aromatic rings. The molecule has 0 radical (unpaired) electrons. The predicted molar refractivity (Wildman–Crippen MR) is 79.0 cm³/mol. The third-order valence-corrected chi connectivity index (χ3v) is 3.67. The van der Waals surface area contributed by atoms with Gasteiger partial charge in [0.2, 0.25) is 0 Å². The van der Waals surface area contributed by atoms with Gasteiger partial charge in [-0.15, -0.1) is 0 Å². The molecule has 0 aliphatic carbocycles. The lowest BCUT2D eigenvalue weighted by atomic mass is 10.1. The second kappa shape index (κ2) is 6.37. The van der Waals surface area contributed by atoms with Crippen LogP contribution in [-0.2, 0) is 0 Å². The molecule has 0 fully saturated rings. The fourth-order valence-corrected chi connectivity index (χ4v) is 2.32. The van der Waals surface area contributed by atoms with Crippen LogP contribution in [0.2, 0.25) is 5.02 Å². The van der Waals surface area contributed by atoms with Crippen LogP contribution >= 0.6 is 27.5 Å². The van der Waals surface area contributed by atoms with Gasteiger partial charge in [-0.3, -0.25) is 0 Å². The van der Waals surface area contributed by atoms with E-state index >= 15 is 0 Å². The SMILES string of the molecule is OCC(Nc1ccccc1Cl)c1ccc(F)c(Br)c1. The van der Waals surface area contributed by atoms with Crippen molar-refractivity contribution < 1.29 is 9.50 Å². The highest BCUT2D eigenvalue weighted by Gasteiger charge is 2.13. The van der Waals surface area contributed by atoms with Crippen LogP contribution < -0.4 is 5.32 Å². The summed E-state index contributed by atoms with van der Waals surface area (Å²) < 4.78 is 13.6. The predicted octanol–water partition coefficient (Wildman–Crippen LogP) is 4.39. The molecule has 2 nitrogen and oxygen atoms in total. The first kappa shape index (κ1) is 14.3. The Kier molecular flexibility index (Phi) is 4.80. The number of anilines is 1. The van der Waals surface area contributed by atoms with Gasteiger partial charge >= 0.3 is 0 Å². The highest BCUT2D eigenvalue weighted by molar-refractivity contribution is 9.10. The van der Waals surface area contributed by atoms with Crippen LogP contribution in [0.5, 0.6) is 0 Å². The maximum Gasteiger partial charge on any atom is 0.137 e. The van der Waals surface area contributed by atoms with Crippen molar-refractivity contribution in [3.05, 3.63) is 63.3 Å². The average Bonchev–Trinajstić information content (AvgIpc) is 2.41. The van der Waals surface area contributed by atoms with Crippen molar-refractivity contribution in [1.29, 1.82) is 0 Å². The lowest BCUT2D eigenvalue weighted by Crippen LogP contribution is -2.15. The van der Waals surface area contributed by atoms with Gasteiger partial charge in [0.1, 0.15) is 5.82 Å². The summed E-state index contributed by atoms with van der Waals surface area (Å²) in [6, 6.07) is 11.5. The summed E-state index contributed by atoms with van der Waals surface area (Å²) in [5, 5.41) is 13.2. The molecule has 2 N–H and O–H groups in total. The smallest absolute Gasteiger partial charge is 0.137 e. The number of hydrogen-bond acceptors (Lipinski definition) is 2. The van der Waals surface area contributed by atoms with Gasteiger partial charge in [0.05, 0.1) is 27.8 Å². The summed E-state index contributed by atoms with van der Waals surface area (Å²) in [7, 11) is 0. The zero-order valence-corrected chi connectivity index (χ0v) is 12.2. The van der Waals surface area contributed by atoms with Gasteiger partial charge in [0, 0.05) is 0 Å². The zero-order chi connectivity index (χ0) is 13.8. The topological polar surface area (TPSA) is 32.3 Å². The normalized spacial score (nSPS) is 12.2. The zero-order valence-electron chi connectivity index (χ0n) is 9.91. The fourth-order valence-electron chi connectivity index (χ4n) is 1.73. The van der Waals surface area contributed by atoms with Crippen LogP contribution in [0.15, 0.2) is 46.9 Å². The summed E-state index contributed by atoms with van der Waals surface area (Å²) in [5.41, 5.74) is 1.50. The van der Waals surface area contributed by atoms with Gasteiger partial charge in [-0.2, -0.15) is 0 Å². The third kappa shape index (κ3) is 3.47. The first-order chi connectivity index (χ1) is 9.11. The lowest BCUT2D eigenvalue weighted by molar-refractivity contribution is 0.276. The molecule has 1 atom stereocenters. The number of nitrogens with one attached hydrogen (secondary N) is 1. The lowest BCUT2D eigenvalue weighted by Gasteiger charge is -2.19. The number of benzene rings is 2. The summed E-state index contributed by atoms with van der Waals surface area (Å²) in [6.07, 6.45) is 0. The molecule has 0 saturated carbocycles. The first-order valence-corrected chi connectivity index (χ1v) is 6.86. The number of hydrogen-bond donors (Lipinski definition) is 2. The number of para-hydroxylation sites is 1. The van der Waals surface area contributed by atoms with E-state index in [-0.39, 0.29) is 18.5 Å². The average molecular weight is 345 g/mol. The molecule has 19 heavy (non-hydrogen) atoms. The van der Waals surface area contributed by atoms with Crippen LogP contribution in [-0.4, -0.2) is 11.7 Å². The third-order valence-electron chi connectivity index (χ3n) is 2.73. The van der Waals surface area contributed by atoms with Gasteiger partial charge < -0.3 is 10.4 Å². The van der Waals surface area contributed by atoms with E-state index in [0.717, 1.165) is 11.3 Å². The minimum atomic E-state index is -0.350. The molecule has 2 aromatic carbocycles. The Balaban J connectivity index is 2.25. The second-order valence-electron chi connectivity index (χ2n) is 4.03. The molecule has 0 aromatic heterocycles. The van der Waals surface area contributed by atoms with Crippen LogP contribution in [0.4, 0.5) is 10.1 Å². The van der Waals surface area contributed by atoms with Crippen LogP contribution in [0.1, 0.15) is 11.6 Å². The van der Waals surface area contributed by atoms with Crippen molar-refractivity contribution in [3.8, 4) is 0 Å². The Bertz CT molecular complexity index is 579. The summed E-state index contributed by atoms with van der Waals surface area (Å²) >= 11 is 9.19. The molecular formula is C14H12BrClFNO. The fraction of sp³-hybridized carbons (Fsp3) is 0.143. The Hall–Kier alpha value is -1.10. The number of rotatable bonds is 4. The van der Waals surface area contributed by atoms with Gasteiger partial charge in [-0.25, -0.2) is 4.39 Å². The highest BCUT2D eigenvalue weighted by atomic mass is 79.9. The van der Waals surface area contributed by atoms with E-state index in [1.807, 2.05) is 18.2 Å². The van der Waals surface area contributed by atoms with E-state index in [1.165, 1.54) is 6.07 Å². The van der Waals surface area contributed by atoms with Gasteiger partial charge in [0.25, 0.3) is 0 Å².